The first kappa shape index (κ1) is 21.0. The van der Waals surface area contributed by atoms with Gasteiger partial charge in [0.1, 0.15) is 0 Å². The molecule has 4 rings (SSSR count). The molecule has 2 saturated heterocycles. The number of benzene rings is 2. The Balaban J connectivity index is 1.41. The fourth-order valence-corrected chi connectivity index (χ4v) is 5.79. The van der Waals surface area contributed by atoms with Gasteiger partial charge in [0.05, 0.1) is 5.92 Å². The summed E-state index contributed by atoms with van der Waals surface area (Å²) in [6, 6.07) is 14.6. The van der Waals surface area contributed by atoms with Gasteiger partial charge in [-0.05, 0) is 61.6 Å². The molecule has 2 unspecified atom stereocenters. The van der Waals surface area contributed by atoms with E-state index in [1.165, 1.54) is 22.3 Å². The molecule has 158 valence electrons. The van der Waals surface area contributed by atoms with Crippen LogP contribution in [-0.4, -0.2) is 42.1 Å². The highest BCUT2D eigenvalue weighted by Crippen LogP contribution is 2.36. The number of hydrogen-bond donors (Lipinski definition) is 0. The molecule has 2 amide bonds. The van der Waals surface area contributed by atoms with Crippen LogP contribution in [-0.2, 0) is 9.59 Å². The molecule has 0 N–H and O–H groups in total. The van der Waals surface area contributed by atoms with Gasteiger partial charge in [-0.1, -0.05) is 30.3 Å². The van der Waals surface area contributed by atoms with Gasteiger partial charge < -0.3 is 9.80 Å². The summed E-state index contributed by atoms with van der Waals surface area (Å²) in [6.45, 7) is 8.31. The van der Waals surface area contributed by atoms with Gasteiger partial charge in [-0.3, -0.25) is 9.59 Å². The predicted octanol–water partition coefficient (Wildman–Crippen LogP) is 4.67. The van der Waals surface area contributed by atoms with Crippen molar-refractivity contribution in [2.45, 2.75) is 38.9 Å². The molecule has 2 aliphatic rings. The molecule has 2 aliphatic heterocycles. The van der Waals surface area contributed by atoms with Crippen molar-refractivity contribution < 1.29 is 9.59 Å². The zero-order valence-corrected chi connectivity index (χ0v) is 18.9. The fraction of sp³-hybridized carbons (Fsp3) is 0.440. The van der Waals surface area contributed by atoms with E-state index >= 15 is 0 Å². The van der Waals surface area contributed by atoms with Crippen molar-refractivity contribution in [1.82, 2.24) is 4.90 Å². The van der Waals surface area contributed by atoms with Crippen molar-refractivity contribution in [3.63, 3.8) is 0 Å². The molecule has 2 aromatic carbocycles. The first-order chi connectivity index (χ1) is 14.4. The van der Waals surface area contributed by atoms with Gasteiger partial charge in [-0.25, -0.2) is 0 Å². The Hall–Kier alpha value is -2.27. The van der Waals surface area contributed by atoms with Crippen LogP contribution < -0.4 is 4.90 Å². The highest BCUT2D eigenvalue weighted by Gasteiger charge is 2.37. The second kappa shape index (κ2) is 8.84. The molecule has 0 radical (unpaired) electrons. The van der Waals surface area contributed by atoms with Crippen molar-refractivity contribution in [2.75, 3.05) is 30.3 Å². The maximum atomic E-state index is 13.2. The Bertz CT molecular complexity index is 958. The summed E-state index contributed by atoms with van der Waals surface area (Å²) in [5.41, 5.74) is 5.99. The lowest BCUT2D eigenvalue weighted by atomic mass is 10.0. The molecule has 2 atom stereocenters. The molecule has 2 fully saturated rings. The van der Waals surface area contributed by atoms with E-state index in [-0.39, 0.29) is 17.7 Å². The van der Waals surface area contributed by atoms with Crippen LogP contribution in [0.4, 0.5) is 5.69 Å². The minimum absolute atomic E-state index is 0.0542. The minimum atomic E-state index is -0.237. The van der Waals surface area contributed by atoms with E-state index < -0.39 is 0 Å². The highest BCUT2D eigenvalue weighted by atomic mass is 32.2. The van der Waals surface area contributed by atoms with Gasteiger partial charge in [0.25, 0.3) is 0 Å². The number of aryl methyl sites for hydroxylation is 3. The van der Waals surface area contributed by atoms with E-state index in [9.17, 15) is 9.59 Å². The largest absolute Gasteiger partial charge is 0.342 e. The van der Waals surface area contributed by atoms with Crippen molar-refractivity contribution >= 4 is 29.3 Å². The predicted molar refractivity (Wildman–Crippen MR) is 124 cm³/mol. The van der Waals surface area contributed by atoms with E-state index in [0.29, 0.717) is 18.2 Å². The summed E-state index contributed by atoms with van der Waals surface area (Å²) in [7, 11) is 0. The molecule has 0 bridgehead atoms. The van der Waals surface area contributed by atoms with Crippen molar-refractivity contribution in [1.29, 1.82) is 0 Å². The van der Waals surface area contributed by atoms with Gasteiger partial charge in [0.15, 0.2) is 0 Å². The van der Waals surface area contributed by atoms with Crippen LogP contribution in [0.25, 0.3) is 0 Å². The van der Waals surface area contributed by atoms with Gasteiger partial charge in [-0.15, -0.1) is 0 Å². The summed E-state index contributed by atoms with van der Waals surface area (Å²) in [6.07, 6.45) is 1.28. The van der Waals surface area contributed by atoms with Crippen molar-refractivity contribution in [3.05, 3.63) is 64.7 Å². The molecule has 0 aromatic heterocycles. The number of rotatable bonds is 3. The minimum Gasteiger partial charge on any atom is -0.342 e. The number of carbonyl (C=O) groups excluding carboxylic acids is 2. The second-order valence-corrected chi connectivity index (χ2v) is 9.81. The van der Waals surface area contributed by atoms with E-state index in [0.717, 1.165) is 31.0 Å². The van der Waals surface area contributed by atoms with Crippen molar-refractivity contribution in [3.8, 4) is 0 Å². The number of anilines is 1. The Morgan fingerprint density at radius 2 is 1.80 bits per heavy atom. The molecule has 0 saturated carbocycles. The molecule has 2 aromatic rings. The van der Waals surface area contributed by atoms with Crippen LogP contribution >= 0.6 is 11.8 Å². The lowest BCUT2D eigenvalue weighted by Crippen LogP contribution is -2.38. The number of carbonyl (C=O) groups is 2. The molecule has 4 nitrogen and oxygen atoms in total. The summed E-state index contributed by atoms with van der Waals surface area (Å²) >= 11 is 1.94. The standard InChI is InChI=1S/C25H30N2O2S/c1-17-8-9-21(14-19(17)3)27-16-20(15-24(27)28)25(29)26-11-10-23(30-13-12-26)22-7-5-4-6-18(22)2/h4-9,14,20,23H,10-13,15-16H2,1-3H3. The number of amides is 2. The number of hydrogen-bond acceptors (Lipinski definition) is 3. The third kappa shape index (κ3) is 4.27. The first-order valence-corrected chi connectivity index (χ1v) is 11.8. The number of nitrogens with zero attached hydrogens (tertiary/aromatic N) is 2. The zero-order valence-electron chi connectivity index (χ0n) is 18.1. The Morgan fingerprint density at radius 3 is 2.57 bits per heavy atom. The molecular formula is C25H30N2O2S. The summed E-state index contributed by atoms with van der Waals surface area (Å²) in [5, 5.41) is 0.432. The average Bonchev–Trinajstić information content (AvgIpc) is 2.96. The lowest BCUT2D eigenvalue weighted by Gasteiger charge is -2.24. The van der Waals surface area contributed by atoms with Crippen molar-refractivity contribution in [2.24, 2.45) is 5.92 Å². The third-order valence-corrected chi connectivity index (χ3v) is 7.78. The maximum absolute atomic E-state index is 13.2. The molecule has 30 heavy (non-hydrogen) atoms. The zero-order chi connectivity index (χ0) is 21.3. The van der Waals surface area contributed by atoms with E-state index in [4.69, 9.17) is 0 Å². The van der Waals surface area contributed by atoms with E-state index in [1.54, 1.807) is 4.90 Å². The fourth-order valence-electron chi connectivity index (χ4n) is 4.46. The van der Waals surface area contributed by atoms with Crippen LogP contribution in [0.1, 0.15) is 40.3 Å². The molecule has 2 heterocycles. The Labute approximate surface area is 183 Å². The van der Waals surface area contributed by atoms with Crippen LogP contribution in [0.2, 0.25) is 0 Å². The van der Waals surface area contributed by atoms with Crippen LogP contribution in [0.15, 0.2) is 42.5 Å². The second-order valence-electron chi connectivity index (χ2n) is 8.50. The topological polar surface area (TPSA) is 40.6 Å². The summed E-state index contributed by atoms with van der Waals surface area (Å²) < 4.78 is 0. The third-order valence-electron chi connectivity index (χ3n) is 6.46. The van der Waals surface area contributed by atoms with Crippen LogP contribution in [0.3, 0.4) is 0 Å². The Morgan fingerprint density at radius 1 is 1.00 bits per heavy atom. The molecule has 0 spiro atoms. The molecule has 5 heteroatoms. The van der Waals surface area contributed by atoms with Gasteiger partial charge in [0, 0.05) is 42.7 Å². The van der Waals surface area contributed by atoms with Gasteiger partial charge >= 0.3 is 0 Å². The van der Waals surface area contributed by atoms with E-state index in [2.05, 4.69) is 51.1 Å². The molecule has 0 aliphatic carbocycles. The highest BCUT2D eigenvalue weighted by molar-refractivity contribution is 7.99. The monoisotopic (exact) mass is 422 g/mol. The van der Waals surface area contributed by atoms with Gasteiger partial charge in [0.2, 0.25) is 11.8 Å². The normalized spacial score (nSPS) is 22.3. The average molecular weight is 423 g/mol. The number of thioether (sulfide) groups is 1. The van der Waals surface area contributed by atoms with E-state index in [1.807, 2.05) is 28.8 Å². The molecular weight excluding hydrogens is 392 g/mol. The van der Waals surface area contributed by atoms with Crippen LogP contribution in [0, 0.1) is 26.7 Å². The quantitative estimate of drug-likeness (QED) is 0.722. The SMILES string of the molecule is Cc1ccc(N2CC(C(=O)N3CCSC(c4ccccc4C)CC3)CC2=O)cc1C. The summed E-state index contributed by atoms with van der Waals surface area (Å²) in [5.74, 6) is 0.894. The first-order valence-electron chi connectivity index (χ1n) is 10.8. The smallest absolute Gasteiger partial charge is 0.228 e. The summed E-state index contributed by atoms with van der Waals surface area (Å²) in [4.78, 5) is 29.7. The Kier molecular flexibility index (Phi) is 6.19. The lowest BCUT2D eigenvalue weighted by molar-refractivity contribution is -0.135. The maximum Gasteiger partial charge on any atom is 0.228 e. The van der Waals surface area contributed by atoms with Crippen LogP contribution in [0.5, 0.6) is 0 Å². The van der Waals surface area contributed by atoms with Gasteiger partial charge in [-0.2, -0.15) is 11.8 Å².